The third-order valence-corrected chi connectivity index (χ3v) is 3.14. The molecule has 0 radical (unpaired) electrons. The van der Waals surface area contributed by atoms with Crippen molar-refractivity contribution in [3.8, 4) is 0 Å². The number of aromatic nitrogens is 1. The topological polar surface area (TPSA) is 28.2 Å². The quantitative estimate of drug-likeness (QED) is 0.901. The summed E-state index contributed by atoms with van der Waals surface area (Å²) in [5.74, 6) is 1.87. The van der Waals surface area contributed by atoms with Gasteiger partial charge in [0, 0.05) is 19.8 Å². The Balaban J connectivity index is 2.29. The largest absolute Gasteiger partial charge is 0.363 e. The fraction of sp³-hybridized carbons (Fsp3) is 0.312. The molecule has 2 rings (SSSR count). The van der Waals surface area contributed by atoms with Gasteiger partial charge in [0.2, 0.25) is 0 Å². The molecule has 0 saturated carbocycles. The van der Waals surface area contributed by atoms with Gasteiger partial charge in [-0.25, -0.2) is 4.98 Å². The molecule has 1 aromatic carbocycles. The van der Waals surface area contributed by atoms with Gasteiger partial charge >= 0.3 is 0 Å². The number of nitrogens with zero attached hydrogens (tertiary/aromatic N) is 2. The number of hydrogen-bond acceptors (Lipinski definition) is 3. The molecule has 3 heteroatoms. The summed E-state index contributed by atoms with van der Waals surface area (Å²) >= 11 is 0. The molecule has 1 aromatic heterocycles. The van der Waals surface area contributed by atoms with Gasteiger partial charge in [-0.05, 0) is 42.7 Å². The third-order valence-electron chi connectivity index (χ3n) is 3.14. The summed E-state index contributed by atoms with van der Waals surface area (Å²) in [5, 5.41) is 3.40. The Morgan fingerprint density at radius 3 is 2.63 bits per heavy atom. The Kier molecular flexibility index (Phi) is 4.05. The van der Waals surface area contributed by atoms with Crippen LogP contribution in [0.2, 0.25) is 0 Å². The fourth-order valence-electron chi connectivity index (χ4n) is 1.90. The molecule has 0 amide bonds. The van der Waals surface area contributed by atoms with Crippen molar-refractivity contribution < 1.29 is 0 Å². The van der Waals surface area contributed by atoms with Crippen molar-refractivity contribution in [2.75, 3.05) is 24.3 Å². The molecule has 2 aromatic rings. The van der Waals surface area contributed by atoms with E-state index in [0.717, 1.165) is 29.3 Å². The maximum absolute atomic E-state index is 4.64. The van der Waals surface area contributed by atoms with Crippen molar-refractivity contribution in [3.05, 3.63) is 47.5 Å². The van der Waals surface area contributed by atoms with Crippen molar-refractivity contribution >= 4 is 17.3 Å². The highest BCUT2D eigenvalue weighted by molar-refractivity contribution is 5.62. The van der Waals surface area contributed by atoms with E-state index >= 15 is 0 Å². The second-order valence-electron chi connectivity index (χ2n) is 4.91. The lowest BCUT2D eigenvalue weighted by molar-refractivity contribution is 1.06. The van der Waals surface area contributed by atoms with Gasteiger partial charge in [0.1, 0.15) is 11.6 Å². The summed E-state index contributed by atoms with van der Waals surface area (Å²) in [6, 6.07) is 12.6. The molecule has 1 N–H and O–H groups in total. The van der Waals surface area contributed by atoms with Gasteiger partial charge < -0.3 is 10.2 Å². The van der Waals surface area contributed by atoms with Crippen LogP contribution < -0.4 is 10.2 Å². The third kappa shape index (κ3) is 3.25. The predicted molar refractivity (Wildman–Crippen MR) is 82.4 cm³/mol. The zero-order valence-electron chi connectivity index (χ0n) is 12.1. The van der Waals surface area contributed by atoms with Crippen LogP contribution in [0.15, 0.2) is 36.4 Å². The van der Waals surface area contributed by atoms with Crippen LogP contribution in [0.1, 0.15) is 18.1 Å². The number of aryl methyl sites for hydroxylation is 2. The molecular weight excluding hydrogens is 234 g/mol. The first-order chi connectivity index (χ1) is 9.10. The van der Waals surface area contributed by atoms with Gasteiger partial charge in [-0.15, -0.1) is 0 Å². The molecule has 100 valence electrons. The molecule has 0 spiro atoms. The lowest BCUT2D eigenvalue weighted by atomic mass is 10.1. The van der Waals surface area contributed by atoms with Crippen LogP contribution >= 0.6 is 0 Å². The average Bonchev–Trinajstić information content (AvgIpc) is 2.41. The van der Waals surface area contributed by atoms with Crippen LogP contribution in [0.4, 0.5) is 17.3 Å². The number of anilines is 3. The van der Waals surface area contributed by atoms with E-state index in [-0.39, 0.29) is 0 Å². The first-order valence-electron chi connectivity index (χ1n) is 6.61. The molecule has 3 nitrogen and oxygen atoms in total. The average molecular weight is 255 g/mol. The van der Waals surface area contributed by atoms with Gasteiger partial charge in [0.25, 0.3) is 0 Å². The summed E-state index contributed by atoms with van der Waals surface area (Å²) < 4.78 is 0. The highest BCUT2D eigenvalue weighted by Gasteiger charge is 2.04. The Morgan fingerprint density at radius 1 is 1.16 bits per heavy atom. The Hall–Kier alpha value is -2.03. The van der Waals surface area contributed by atoms with Crippen LogP contribution in [-0.4, -0.2) is 19.1 Å². The SMILES string of the molecule is CCc1cccc(Nc2nc(N(C)C)ccc2C)c1. The summed E-state index contributed by atoms with van der Waals surface area (Å²) in [7, 11) is 4.00. The Morgan fingerprint density at radius 2 is 1.95 bits per heavy atom. The number of hydrogen-bond donors (Lipinski definition) is 1. The van der Waals surface area contributed by atoms with Crippen molar-refractivity contribution in [1.29, 1.82) is 0 Å². The minimum absolute atomic E-state index is 0.916. The number of rotatable bonds is 4. The van der Waals surface area contributed by atoms with Gasteiger partial charge in [0.05, 0.1) is 0 Å². The van der Waals surface area contributed by atoms with Gasteiger partial charge in [-0.3, -0.25) is 0 Å². The number of benzene rings is 1. The Labute approximate surface area is 115 Å². The van der Waals surface area contributed by atoms with Crippen molar-refractivity contribution in [1.82, 2.24) is 4.98 Å². The first-order valence-corrected chi connectivity index (χ1v) is 6.61. The van der Waals surface area contributed by atoms with Crippen LogP contribution in [0.25, 0.3) is 0 Å². The van der Waals surface area contributed by atoms with Gasteiger partial charge in [0.15, 0.2) is 0 Å². The van der Waals surface area contributed by atoms with Crippen molar-refractivity contribution in [2.24, 2.45) is 0 Å². The molecule has 0 saturated heterocycles. The zero-order chi connectivity index (χ0) is 13.8. The van der Waals surface area contributed by atoms with Crippen LogP contribution in [-0.2, 0) is 6.42 Å². The molecule has 0 fully saturated rings. The summed E-state index contributed by atoms with van der Waals surface area (Å²) in [6.07, 6.45) is 1.04. The van der Waals surface area contributed by atoms with Crippen LogP contribution in [0.5, 0.6) is 0 Å². The van der Waals surface area contributed by atoms with Crippen molar-refractivity contribution in [3.63, 3.8) is 0 Å². The predicted octanol–water partition coefficient (Wildman–Crippen LogP) is 3.76. The van der Waals surface area contributed by atoms with Gasteiger partial charge in [-0.1, -0.05) is 25.1 Å². The standard InChI is InChI=1S/C16H21N3/c1-5-13-7-6-8-14(11-13)17-16-12(2)9-10-15(18-16)19(3)4/h6-11H,5H2,1-4H3,(H,17,18). The van der Waals surface area contributed by atoms with E-state index in [2.05, 4.69) is 54.5 Å². The number of nitrogens with one attached hydrogen (secondary N) is 1. The molecule has 0 aliphatic heterocycles. The molecule has 0 aliphatic rings. The van der Waals surface area contributed by atoms with E-state index < -0.39 is 0 Å². The molecular formula is C16H21N3. The van der Waals surface area contributed by atoms with E-state index in [0.29, 0.717) is 0 Å². The van der Waals surface area contributed by atoms with Crippen LogP contribution in [0.3, 0.4) is 0 Å². The number of pyridine rings is 1. The maximum Gasteiger partial charge on any atom is 0.135 e. The first kappa shape index (κ1) is 13.4. The maximum atomic E-state index is 4.64. The fourth-order valence-corrected chi connectivity index (χ4v) is 1.90. The molecule has 0 aliphatic carbocycles. The monoisotopic (exact) mass is 255 g/mol. The second kappa shape index (κ2) is 5.74. The van der Waals surface area contributed by atoms with E-state index in [1.54, 1.807) is 0 Å². The lowest BCUT2D eigenvalue weighted by Gasteiger charge is -2.15. The summed E-state index contributed by atoms with van der Waals surface area (Å²) in [4.78, 5) is 6.64. The lowest BCUT2D eigenvalue weighted by Crippen LogP contribution is -2.11. The van der Waals surface area contributed by atoms with E-state index in [1.807, 2.05) is 25.1 Å². The van der Waals surface area contributed by atoms with E-state index in [1.165, 1.54) is 5.56 Å². The molecule has 0 bridgehead atoms. The van der Waals surface area contributed by atoms with Gasteiger partial charge in [-0.2, -0.15) is 0 Å². The molecule has 19 heavy (non-hydrogen) atoms. The molecule has 1 heterocycles. The highest BCUT2D eigenvalue weighted by atomic mass is 15.2. The summed E-state index contributed by atoms with van der Waals surface area (Å²) in [5.41, 5.74) is 3.56. The second-order valence-corrected chi connectivity index (χ2v) is 4.91. The zero-order valence-corrected chi connectivity index (χ0v) is 12.1. The smallest absolute Gasteiger partial charge is 0.135 e. The molecule has 0 unspecified atom stereocenters. The van der Waals surface area contributed by atoms with Crippen LogP contribution in [0, 0.1) is 6.92 Å². The highest BCUT2D eigenvalue weighted by Crippen LogP contribution is 2.22. The van der Waals surface area contributed by atoms with Crippen molar-refractivity contribution in [2.45, 2.75) is 20.3 Å². The Bertz CT molecular complexity index is 562. The normalized spacial score (nSPS) is 10.3. The summed E-state index contributed by atoms with van der Waals surface area (Å²) in [6.45, 7) is 4.23. The van der Waals surface area contributed by atoms with E-state index in [4.69, 9.17) is 0 Å². The minimum Gasteiger partial charge on any atom is -0.363 e. The van der Waals surface area contributed by atoms with E-state index in [9.17, 15) is 0 Å². The molecule has 0 atom stereocenters. The minimum atomic E-state index is 0.916.